The van der Waals surface area contributed by atoms with Crippen LogP contribution in [0.1, 0.15) is 31.9 Å². The highest BCUT2D eigenvalue weighted by molar-refractivity contribution is 7.80. The first-order valence-electron chi connectivity index (χ1n) is 7.00. The summed E-state index contributed by atoms with van der Waals surface area (Å²) in [6.07, 6.45) is -0.673. The maximum absolute atomic E-state index is 12.0. The van der Waals surface area contributed by atoms with E-state index in [9.17, 15) is 4.79 Å². The first kappa shape index (κ1) is 18.5. The minimum Gasteiger partial charge on any atom is -0.480 e. The largest absolute Gasteiger partial charge is 0.480 e. The molecule has 0 radical (unpaired) electrons. The summed E-state index contributed by atoms with van der Waals surface area (Å²) in [4.78, 5) is 12.0. The minimum absolute atomic E-state index is 0.185. The van der Waals surface area contributed by atoms with Crippen LogP contribution in [-0.4, -0.2) is 23.2 Å². The van der Waals surface area contributed by atoms with Crippen molar-refractivity contribution in [3.63, 3.8) is 0 Å². The van der Waals surface area contributed by atoms with Crippen molar-refractivity contribution in [1.82, 2.24) is 16.2 Å². The third kappa shape index (κ3) is 5.69. The molecule has 0 aliphatic rings. The quantitative estimate of drug-likeness (QED) is 0.579. The van der Waals surface area contributed by atoms with Gasteiger partial charge >= 0.3 is 0 Å². The van der Waals surface area contributed by atoms with E-state index in [2.05, 4.69) is 16.2 Å². The zero-order chi connectivity index (χ0) is 16.9. The Morgan fingerprint density at radius 2 is 1.73 bits per heavy atom. The lowest BCUT2D eigenvalue weighted by atomic mass is 10.1. The number of amides is 1. The lowest BCUT2D eigenvalue weighted by molar-refractivity contribution is -0.127. The van der Waals surface area contributed by atoms with Crippen molar-refractivity contribution in [3.8, 4) is 5.75 Å². The van der Waals surface area contributed by atoms with Crippen molar-refractivity contribution < 1.29 is 9.53 Å². The van der Waals surface area contributed by atoms with E-state index in [1.165, 1.54) is 0 Å². The molecular formula is C15H22ClN3O2S. The van der Waals surface area contributed by atoms with Crippen LogP contribution in [0, 0.1) is 13.8 Å². The number of hydrogen-bond donors (Lipinski definition) is 3. The molecule has 0 saturated carbocycles. The third-order valence-corrected chi connectivity index (χ3v) is 3.25. The van der Waals surface area contributed by atoms with Crippen LogP contribution >= 0.6 is 23.8 Å². The van der Waals surface area contributed by atoms with Gasteiger partial charge in [-0.2, -0.15) is 0 Å². The predicted octanol–water partition coefficient (Wildman–Crippen LogP) is 2.63. The molecule has 0 aliphatic carbocycles. The molecule has 5 nitrogen and oxygen atoms in total. The van der Waals surface area contributed by atoms with Crippen LogP contribution in [0.2, 0.25) is 5.02 Å². The van der Waals surface area contributed by atoms with E-state index in [-0.39, 0.29) is 11.9 Å². The first-order valence-corrected chi connectivity index (χ1v) is 7.79. The summed E-state index contributed by atoms with van der Waals surface area (Å²) in [5.74, 6) is 0.344. The van der Waals surface area contributed by atoms with E-state index in [4.69, 9.17) is 28.6 Å². The maximum Gasteiger partial charge on any atom is 0.279 e. The van der Waals surface area contributed by atoms with E-state index in [0.29, 0.717) is 15.9 Å². The van der Waals surface area contributed by atoms with Crippen LogP contribution in [0.25, 0.3) is 0 Å². The number of aryl methyl sites for hydroxylation is 2. The van der Waals surface area contributed by atoms with Gasteiger partial charge in [-0.25, -0.2) is 0 Å². The number of ether oxygens (including phenoxy) is 1. The molecule has 0 fully saturated rings. The predicted molar refractivity (Wildman–Crippen MR) is 93.2 cm³/mol. The number of rotatable bonds is 4. The summed E-state index contributed by atoms with van der Waals surface area (Å²) in [5.41, 5.74) is 6.92. The molecule has 22 heavy (non-hydrogen) atoms. The fourth-order valence-corrected chi connectivity index (χ4v) is 2.45. The van der Waals surface area contributed by atoms with Crippen LogP contribution in [0.4, 0.5) is 0 Å². The van der Waals surface area contributed by atoms with Crippen molar-refractivity contribution in [2.24, 2.45) is 0 Å². The SMILES string of the molecule is Cc1cc(Cl)cc(C)c1O[C@H](C)C(=O)NNC(=S)NC(C)C. The van der Waals surface area contributed by atoms with Gasteiger partial charge in [0.25, 0.3) is 5.91 Å². The number of benzene rings is 1. The summed E-state index contributed by atoms with van der Waals surface area (Å²) >= 11 is 11.0. The Hall–Kier alpha value is -1.53. The summed E-state index contributed by atoms with van der Waals surface area (Å²) in [6.45, 7) is 9.35. The number of hydrazine groups is 1. The second kappa shape index (κ2) is 8.19. The first-order chi connectivity index (χ1) is 10.2. The van der Waals surface area contributed by atoms with E-state index in [1.54, 1.807) is 19.1 Å². The fourth-order valence-electron chi connectivity index (χ4n) is 1.83. The highest BCUT2D eigenvalue weighted by Crippen LogP contribution is 2.27. The van der Waals surface area contributed by atoms with Gasteiger partial charge in [-0.15, -0.1) is 0 Å². The Kier molecular flexibility index (Phi) is 6.90. The molecule has 0 aliphatic heterocycles. The molecule has 122 valence electrons. The highest BCUT2D eigenvalue weighted by atomic mass is 35.5. The van der Waals surface area contributed by atoms with Crippen LogP contribution in [0.3, 0.4) is 0 Å². The van der Waals surface area contributed by atoms with Crippen molar-refractivity contribution in [2.75, 3.05) is 0 Å². The lowest BCUT2D eigenvalue weighted by Gasteiger charge is -2.19. The van der Waals surface area contributed by atoms with Gasteiger partial charge in [0.1, 0.15) is 5.75 Å². The van der Waals surface area contributed by atoms with Crippen LogP contribution in [0.5, 0.6) is 5.75 Å². The van der Waals surface area contributed by atoms with Crippen molar-refractivity contribution in [1.29, 1.82) is 0 Å². The molecule has 0 bridgehead atoms. The molecule has 0 spiro atoms. The maximum atomic E-state index is 12.0. The summed E-state index contributed by atoms with van der Waals surface area (Å²) in [7, 11) is 0. The minimum atomic E-state index is -0.673. The molecular weight excluding hydrogens is 322 g/mol. The van der Waals surface area contributed by atoms with Crippen LogP contribution in [0.15, 0.2) is 12.1 Å². The van der Waals surface area contributed by atoms with Gasteiger partial charge in [-0.05, 0) is 70.1 Å². The molecule has 0 heterocycles. The summed E-state index contributed by atoms with van der Waals surface area (Å²) in [6, 6.07) is 3.79. The number of thiocarbonyl (C=S) groups is 1. The molecule has 3 N–H and O–H groups in total. The Morgan fingerprint density at radius 1 is 1.18 bits per heavy atom. The Labute approximate surface area is 141 Å². The van der Waals surface area contributed by atoms with Crippen molar-refractivity contribution >= 4 is 34.8 Å². The van der Waals surface area contributed by atoms with E-state index < -0.39 is 6.10 Å². The van der Waals surface area contributed by atoms with Gasteiger partial charge < -0.3 is 10.1 Å². The van der Waals surface area contributed by atoms with E-state index in [1.807, 2.05) is 27.7 Å². The van der Waals surface area contributed by atoms with Crippen molar-refractivity contribution in [3.05, 3.63) is 28.3 Å². The second-order valence-electron chi connectivity index (χ2n) is 5.37. The number of carbonyl (C=O) groups is 1. The van der Waals surface area contributed by atoms with Gasteiger partial charge in [0.05, 0.1) is 0 Å². The van der Waals surface area contributed by atoms with Gasteiger partial charge in [0, 0.05) is 11.1 Å². The Morgan fingerprint density at radius 3 is 2.23 bits per heavy atom. The average molecular weight is 344 g/mol. The topological polar surface area (TPSA) is 62.4 Å². The Balaban J connectivity index is 2.60. The molecule has 1 rings (SSSR count). The Bertz CT molecular complexity index is 541. The van der Waals surface area contributed by atoms with Crippen molar-refractivity contribution in [2.45, 2.75) is 46.8 Å². The second-order valence-corrected chi connectivity index (χ2v) is 6.22. The standard InChI is InChI=1S/C15H22ClN3O2S/c1-8(2)17-15(22)19-18-14(20)11(5)21-13-9(3)6-12(16)7-10(13)4/h6-8,11H,1-5H3,(H,18,20)(H2,17,19,22)/t11-/m1/s1. The summed E-state index contributed by atoms with van der Waals surface area (Å²) < 4.78 is 5.73. The van der Waals surface area contributed by atoms with Gasteiger partial charge in [-0.3, -0.25) is 15.6 Å². The molecule has 7 heteroatoms. The molecule has 0 unspecified atom stereocenters. The number of hydrogen-bond acceptors (Lipinski definition) is 3. The summed E-state index contributed by atoms with van der Waals surface area (Å²) in [5, 5.41) is 3.96. The monoisotopic (exact) mass is 343 g/mol. The van der Waals surface area contributed by atoms with E-state index in [0.717, 1.165) is 11.1 Å². The van der Waals surface area contributed by atoms with Crippen LogP contribution in [-0.2, 0) is 4.79 Å². The van der Waals surface area contributed by atoms with Gasteiger partial charge in [0.15, 0.2) is 11.2 Å². The zero-order valence-corrected chi connectivity index (χ0v) is 15.0. The molecule has 1 atom stereocenters. The molecule has 1 amide bonds. The van der Waals surface area contributed by atoms with Gasteiger partial charge in [0.2, 0.25) is 0 Å². The van der Waals surface area contributed by atoms with E-state index >= 15 is 0 Å². The third-order valence-electron chi connectivity index (χ3n) is 2.81. The molecule has 1 aromatic carbocycles. The van der Waals surface area contributed by atoms with Gasteiger partial charge in [-0.1, -0.05) is 11.6 Å². The lowest BCUT2D eigenvalue weighted by Crippen LogP contribution is -2.51. The molecule has 1 aromatic rings. The normalized spacial score (nSPS) is 11.8. The number of halogens is 1. The number of carbonyl (C=O) groups excluding carboxylic acids is 1. The molecule has 0 saturated heterocycles. The fraction of sp³-hybridized carbons (Fsp3) is 0.467. The molecule has 0 aromatic heterocycles. The van der Waals surface area contributed by atoms with Crippen LogP contribution < -0.4 is 20.9 Å². The number of nitrogens with one attached hydrogen (secondary N) is 3. The zero-order valence-electron chi connectivity index (χ0n) is 13.4. The highest BCUT2D eigenvalue weighted by Gasteiger charge is 2.17. The average Bonchev–Trinajstić information content (AvgIpc) is 2.39. The smallest absolute Gasteiger partial charge is 0.279 e.